The molecule has 1 fully saturated rings. The van der Waals surface area contributed by atoms with Crippen molar-refractivity contribution < 1.29 is 14.3 Å². The van der Waals surface area contributed by atoms with Gasteiger partial charge in [0.1, 0.15) is 18.9 Å². The van der Waals surface area contributed by atoms with Crippen molar-refractivity contribution >= 4 is 12.1 Å². The fourth-order valence-electron chi connectivity index (χ4n) is 3.21. The summed E-state index contributed by atoms with van der Waals surface area (Å²) in [6, 6.07) is 15.6. The van der Waals surface area contributed by atoms with Gasteiger partial charge in [0.2, 0.25) is 5.91 Å². The van der Waals surface area contributed by atoms with Crippen LogP contribution in [0.1, 0.15) is 18.4 Å². The van der Waals surface area contributed by atoms with Gasteiger partial charge in [-0.05, 0) is 43.2 Å². The summed E-state index contributed by atoms with van der Waals surface area (Å²) >= 11 is 0. The third-order valence-electron chi connectivity index (χ3n) is 4.91. The van der Waals surface area contributed by atoms with E-state index in [0.29, 0.717) is 19.0 Å². The van der Waals surface area contributed by atoms with Crippen molar-refractivity contribution in [2.45, 2.75) is 12.8 Å². The maximum atomic E-state index is 11.9. The van der Waals surface area contributed by atoms with Crippen LogP contribution in [0.4, 0.5) is 0 Å². The van der Waals surface area contributed by atoms with Crippen molar-refractivity contribution in [2.75, 3.05) is 13.2 Å². The van der Waals surface area contributed by atoms with E-state index >= 15 is 0 Å². The van der Waals surface area contributed by atoms with E-state index < -0.39 is 0 Å². The number of amides is 1. The molecule has 0 unspecified atom stereocenters. The minimum atomic E-state index is -0.0300. The largest absolute Gasteiger partial charge is 0.486 e. The van der Waals surface area contributed by atoms with Crippen molar-refractivity contribution in [1.82, 2.24) is 15.2 Å². The minimum absolute atomic E-state index is 0.0300. The molecule has 0 radical (unpaired) electrons. The van der Waals surface area contributed by atoms with Crippen LogP contribution in [0.25, 0.3) is 16.9 Å². The summed E-state index contributed by atoms with van der Waals surface area (Å²) in [5.74, 6) is 1.51. The number of rotatable bonds is 5. The number of nitrogens with one attached hydrogen (secondary N) is 1. The van der Waals surface area contributed by atoms with Gasteiger partial charge < -0.3 is 9.47 Å². The van der Waals surface area contributed by atoms with E-state index in [4.69, 9.17) is 14.6 Å². The Morgan fingerprint density at radius 1 is 1.10 bits per heavy atom. The molecule has 1 aromatic heterocycles. The van der Waals surface area contributed by atoms with Gasteiger partial charge in [0.25, 0.3) is 0 Å². The second-order valence-electron chi connectivity index (χ2n) is 7.08. The van der Waals surface area contributed by atoms with Crippen molar-refractivity contribution in [3.8, 4) is 28.4 Å². The Morgan fingerprint density at radius 3 is 2.69 bits per heavy atom. The number of carbonyl (C=O) groups is 1. The maximum absolute atomic E-state index is 11.9. The molecule has 0 bridgehead atoms. The number of aromatic nitrogens is 2. The molecular formula is C22H20N4O3. The van der Waals surface area contributed by atoms with E-state index in [-0.39, 0.29) is 11.8 Å². The molecule has 7 nitrogen and oxygen atoms in total. The first-order valence-electron chi connectivity index (χ1n) is 9.66. The number of hydrogen-bond donors (Lipinski definition) is 1. The average Bonchev–Trinajstić information content (AvgIpc) is 3.54. The molecule has 0 atom stereocenters. The fourth-order valence-corrected chi connectivity index (χ4v) is 3.21. The van der Waals surface area contributed by atoms with Gasteiger partial charge in [-0.2, -0.15) is 10.2 Å². The van der Waals surface area contributed by atoms with Crippen molar-refractivity contribution in [3.63, 3.8) is 0 Å². The number of carbonyl (C=O) groups excluding carboxylic acids is 1. The Hall–Kier alpha value is -3.61. The summed E-state index contributed by atoms with van der Waals surface area (Å²) in [7, 11) is 0. The number of nitrogens with zero attached hydrogens (tertiary/aromatic N) is 3. The highest BCUT2D eigenvalue weighted by molar-refractivity contribution is 5.90. The van der Waals surface area contributed by atoms with Crippen LogP contribution in [0.2, 0.25) is 0 Å². The van der Waals surface area contributed by atoms with Crippen molar-refractivity contribution in [1.29, 1.82) is 0 Å². The van der Waals surface area contributed by atoms with E-state index in [1.807, 2.05) is 54.7 Å². The first kappa shape index (κ1) is 17.5. The summed E-state index contributed by atoms with van der Waals surface area (Å²) in [5.41, 5.74) is 5.98. The SMILES string of the molecule is O=C(N/N=C\c1cn(-c2ccccc2)nc1-c1ccc2c(c1)OCCO2)C1CC1. The van der Waals surface area contributed by atoms with Crippen LogP contribution in [0.3, 0.4) is 0 Å². The molecule has 5 rings (SSSR count). The van der Waals surface area contributed by atoms with Crippen LogP contribution < -0.4 is 14.9 Å². The highest BCUT2D eigenvalue weighted by Crippen LogP contribution is 2.35. The molecule has 146 valence electrons. The summed E-state index contributed by atoms with van der Waals surface area (Å²) in [6.07, 6.45) is 5.42. The second-order valence-corrected chi connectivity index (χ2v) is 7.08. The van der Waals surface area contributed by atoms with Crippen LogP contribution in [0, 0.1) is 5.92 Å². The molecule has 1 N–H and O–H groups in total. The molecule has 2 aromatic carbocycles. The number of fused-ring (bicyclic) bond motifs is 1. The van der Waals surface area contributed by atoms with Gasteiger partial charge in [-0.25, -0.2) is 10.1 Å². The minimum Gasteiger partial charge on any atom is -0.486 e. The Bertz CT molecular complexity index is 1070. The lowest BCUT2D eigenvalue weighted by Crippen LogP contribution is -2.18. The Balaban J connectivity index is 1.50. The number of hydrazone groups is 1. The molecular weight excluding hydrogens is 368 g/mol. The predicted octanol–water partition coefficient (Wildman–Crippen LogP) is 3.17. The highest BCUT2D eigenvalue weighted by atomic mass is 16.6. The quantitative estimate of drug-likeness (QED) is 0.538. The molecule has 0 saturated heterocycles. The Morgan fingerprint density at radius 2 is 1.90 bits per heavy atom. The van der Waals surface area contributed by atoms with Crippen LogP contribution in [0.5, 0.6) is 11.5 Å². The average molecular weight is 388 g/mol. The first-order chi connectivity index (χ1) is 14.3. The van der Waals surface area contributed by atoms with E-state index in [2.05, 4.69) is 10.5 Å². The van der Waals surface area contributed by atoms with Crippen LogP contribution in [-0.4, -0.2) is 35.1 Å². The zero-order valence-corrected chi connectivity index (χ0v) is 15.7. The molecule has 3 aromatic rings. The molecule has 29 heavy (non-hydrogen) atoms. The standard InChI is InChI=1S/C22H20N4O3/c27-22(15-6-7-15)24-23-13-17-14-26(18-4-2-1-3-5-18)25-21(17)16-8-9-19-20(12-16)29-11-10-28-19/h1-5,8-9,12-15H,6-7,10-11H2,(H,24,27)/b23-13-. The number of para-hydroxylation sites is 1. The van der Waals surface area contributed by atoms with Gasteiger partial charge >= 0.3 is 0 Å². The van der Waals surface area contributed by atoms with Gasteiger partial charge in [0, 0.05) is 23.2 Å². The van der Waals surface area contributed by atoms with Crippen LogP contribution >= 0.6 is 0 Å². The molecule has 1 aliphatic carbocycles. The maximum Gasteiger partial charge on any atom is 0.243 e. The monoisotopic (exact) mass is 388 g/mol. The van der Waals surface area contributed by atoms with E-state index in [1.165, 1.54) is 0 Å². The lowest BCUT2D eigenvalue weighted by molar-refractivity contribution is -0.122. The molecule has 2 heterocycles. The van der Waals surface area contributed by atoms with Gasteiger partial charge in [0.15, 0.2) is 11.5 Å². The molecule has 0 spiro atoms. The topological polar surface area (TPSA) is 77.7 Å². The Kier molecular flexibility index (Phi) is 4.48. The van der Waals surface area contributed by atoms with E-state index in [1.54, 1.807) is 10.9 Å². The number of benzene rings is 2. The van der Waals surface area contributed by atoms with Gasteiger partial charge in [-0.1, -0.05) is 18.2 Å². The molecule has 1 aliphatic heterocycles. The number of ether oxygens (including phenoxy) is 2. The van der Waals surface area contributed by atoms with Gasteiger partial charge in [-0.3, -0.25) is 4.79 Å². The predicted molar refractivity (Wildman–Crippen MR) is 108 cm³/mol. The zero-order chi connectivity index (χ0) is 19.6. The smallest absolute Gasteiger partial charge is 0.243 e. The van der Waals surface area contributed by atoms with Crippen LogP contribution in [0.15, 0.2) is 59.8 Å². The highest BCUT2D eigenvalue weighted by Gasteiger charge is 2.29. The molecule has 1 amide bonds. The Labute approximate surface area is 167 Å². The fraction of sp³-hybridized carbons (Fsp3) is 0.227. The third kappa shape index (κ3) is 3.71. The summed E-state index contributed by atoms with van der Waals surface area (Å²) in [5, 5.41) is 8.91. The number of hydrogen-bond acceptors (Lipinski definition) is 5. The first-order valence-corrected chi connectivity index (χ1v) is 9.66. The van der Waals surface area contributed by atoms with Crippen LogP contribution in [-0.2, 0) is 4.79 Å². The van der Waals surface area contributed by atoms with Gasteiger partial charge in [0.05, 0.1) is 11.9 Å². The summed E-state index contributed by atoms with van der Waals surface area (Å²) < 4.78 is 13.1. The third-order valence-corrected chi connectivity index (χ3v) is 4.91. The lowest BCUT2D eigenvalue weighted by atomic mass is 10.1. The molecule has 2 aliphatic rings. The summed E-state index contributed by atoms with van der Waals surface area (Å²) in [4.78, 5) is 11.9. The zero-order valence-electron chi connectivity index (χ0n) is 15.7. The van der Waals surface area contributed by atoms with Crippen molar-refractivity contribution in [2.24, 2.45) is 11.0 Å². The lowest BCUT2D eigenvalue weighted by Gasteiger charge is -2.18. The van der Waals surface area contributed by atoms with E-state index in [0.717, 1.165) is 41.1 Å². The summed E-state index contributed by atoms with van der Waals surface area (Å²) in [6.45, 7) is 1.07. The normalized spacial score (nSPS) is 15.4. The van der Waals surface area contributed by atoms with Crippen molar-refractivity contribution in [3.05, 3.63) is 60.3 Å². The van der Waals surface area contributed by atoms with Gasteiger partial charge in [-0.15, -0.1) is 0 Å². The van der Waals surface area contributed by atoms with E-state index in [9.17, 15) is 4.79 Å². The molecule has 1 saturated carbocycles. The molecule has 7 heteroatoms. The second kappa shape index (κ2) is 7.43.